The van der Waals surface area contributed by atoms with Gasteiger partial charge in [-0.05, 0) is 45.3 Å². The van der Waals surface area contributed by atoms with Gasteiger partial charge in [0.05, 0.1) is 5.52 Å². The standard InChI is InChI=1S/C33H21NO/c1-2-11-22(12-3-1)31-27-17-8-9-18-28(27)33(29-19-10-20-34-32(29)31)35-30-21-23-13-4-5-14-24(23)25-15-6-7-16-26(25)30/h1-21H. The van der Waals surface area contributed by atoms with Crippen LogP contribution in [0.25, 0.3) is 54.3 Å². The Hall–Kier alpha value is -4.69. The average Bonchev–Trinajstić information content (AvgIpc) is 2.93. The molecule has 0 aliphatic heterocycles. The summed E-state index contributed by atoms with van der Waals surface area (Å²) >= 11 is 0. The normalized spacial score (nSPS) is 11.4. The van der Waals surface area contributed by atoms with Gasteiger partial charge in [-0.25, -0.2) is 0 Å². The fourth-order valence-electron chi connectivity index (χ4n) is 5.18. The van der Waals surface area contributed by atoms with Crippen LogP contribution in [-0.4, -0.2) is 4.98 Å². The molecule has 7 rings (SSSR count). The summed E-state index contributed by atoms with van der Waals surface area (Å²) in [5.74, 6) is 1.69. The molecule has 2 heteroatoms. The van der Waals surface area contributed by atoms with Crippen molar-refractivity contribution in [3.05, 3.63) is 128 Å². The number of rotatable bonds is 3. The Morgan fingerprint density at radius 2 is 1.11 bits per heavy atom. The third-order valence-electron chi connectivity index (χ3n) is 6.73. The van der Waals surface area contributed by atoms with E-state index in [4.69, 9.17) is 9.72 Å². The van der Waals surface area contributed by atoms with E-state index in [-0.39, 0.29) is 0 Å². The van der Waals surface area contributed by atoms with Crippen molar-refractivity contribution in [3.8, 4) is 22.6 Å². The molecule has 0 aliphatic rings. The second kappa shape index (κ2) is 7.96. The number of aromatic nitrogens is 1. The molecule has 2 nitrogen and oxygen atoms in total. The highest BCUT2D eigenvalue weighted by atomic mass is 16.5. The molecule has 0 atom stereocenters. The molecular formula is C33H21NO. The third kappa shape index (κ3) is 3.15. The second-order valence-corrected chi connectivity index (χ2v) is 8.76. The van der Waals surface area contributed by atoms with E-state index >= 15 is 0 Å². The summed E-state index contributed by atoms with van der Waals surface area (Å²) in [4.78, 5) is 4.84. The summed E-state index contributed by atoms with van der Waals surface area (Å²) in [6.45, 7) is 0. The summed E-state index contributed by atoms with van der Waals surface area (Å²) in [7, 11) is 0. The molecule has 0 N–H and O–H groups in total. The van der Waals surface area contributed by atoms with E-state index in [0.717, 1.165) is 55.1 Å². The summed E-state index contributed by atoms with van der Waals surface area (Å²) < 4.78 is 6.88. The number of ether oxygens (including phenoxy) is 1. The van der Waals surface area contributed by atoms with E-state index in [1.165, 1.54) is 10.8 Å². The van der Waals surface area contributed by atoms with E-state index in [1.807, 2.05) is 18.3 Å². The first-order chi connectivity index (χ1) is 17.4. The van der Waals surface area contributed by atoms with Gasteiger partial charge < -0.3 is 4.74 Å². The van der Waals surface area contributed by atoms with Crippen molar-refractivity contribution >= 4 is 43.2 Å². The fraction of sp³-hybridized carbons (Fsp3) is 0. The number of hydrogen-bond donors (Lipinski definition) is 0. The van der Waals surface area contributed by atoms with Crippen LogP contribution in [0.3, 0.4) is 0 Å². The molecule has 7 aromatic rings. The van der Waals surface area contributed by atoms with E-state index in [9.17, 15) is 0 Å². The van der Waals surface area contributed by atoms with Gasteiger partial charge in [0.2, 0.25) is 0 Å². The third-order valence-corrected chi connectivity index (χ3v) is 6.73. The van der Waals surface area contributed by atoms with E-state index in [0.29, 0.717) is 0 Å². The lowest BCUT2D eigenvalue weighted by molar-refractivity contribution is 0.500. The summed E-state index contributed by atoms with van der Waals surface area (Å²) in [5.41, 5.74) is 3.22. The highest BCUT2D eigenvalue weighted by molar-refractivity contribution is 6.16. The molecular weight excluding hydrogens is 426 g/mol. The van der Waals surface area contributed by atoms with E-state index < -0.39 is 0 Å². The summed E-state index contributed by atoms with van der Waals surface area (Å²) in [5, 5.41) is 7.88. The minimum absolute atomic E-state index is 0.837. The largest absolute Gasteiger partial charge is 0.455 e. The monoisotopic (exact) mass is 447 g/mol. The van der Waals surface area contributed by atoms with Crippen molar-refractivity contribution in [3.63, 3.8) is 0 Å². The van der Waals surface area contributed by atoms with Crippen molar-refractivity contribution in [1.29, 1.82) is 0 Å². The molecule has 1 heterocycles. The number of nitrogens with zero attached hydrogens (tertiary/aromatic N) is 1. The van der Waals surface area contributed by atoms with Crippen LogP contribution in [0.1, 0.15) is 0 Å². The van der Waals surface area contributed by atoms with Crippen LogP contribution < -0.4 is 4.74 Å². The Labute approximate surface area is 203 Å². The highest BCUT2D eigenvalue weighted by Crippen LogP contribution is 2.45. The zero-order valence-corrected chi connectivity index (χ0v) is 19.0. The molecule has 6 aromatic carbocycles. The van der Waals surface area contributed by atoms with Crippen LogP contribution in [-0.2, 0) is 0 Å². The molecule has 0 spiro atoms. The Bertz CT molecular complexity index is 1820. The number of benzene rings is 6. The smallest absolute Gasteiger partial charge is 0.144 e. The predicted molar refractivity (Wildman–Crippen MR) is 146 cm³/mol. The second-order valence-electron chi connectivity index (χ2n) is 8.76. The summed E-state index contributed by atoms with van der Waals surface area (Å²) in [6.07, 6.45) is 1.86. The van der Waals surface area contributed by atoms with Gasteiger partial charge in [0.15, 0.2) is 0 Å². The Balaban J connectivity index is 1.56. The van der Waals surface area contributed by atoms with Crippen LogP contribution in [0, 0.1) is 0 Å². The molecule has 0 unspecified atom stereocenters. The first-order valence-corrected chi connectivity index (χ1v) is 11.8. The van der Waals surface area contributed by atoms with E-state index in [2.05, 4.69) is 109 Å². The lowest BCUT2D eigenvalue weighted by Crippen LogP contribution is -1.94. The lowest BCUT2D eigenvalue weighted by Gasteiger charge is -2.18. The van der Waals surface area contributed by atoms with Gasteiger partial charge in [-0.3, -0.25) is 4.98 Å². The van der Waals surface area contributed by atoms with Gasteiger partial charge in [0.25, 0.3) is 0 Å². The van der Waals surface area contributed by atoms with Crippen LogP contribution in [0.15, 0.2) is 128 Å². The van der Waals surface area contributed by atoms with Crippen LogP contribution in [0.2, 0.25) is 0 Å². The molecule has 0 saturated heterocycles. The van der Waals surface area contributed by atoms with Gasteiger partial charge in [0.1, 0.15) is 11.5 Å². The van der Waals surface area contributed by atoms with Crippen molar-refractivity contribution in [1.82, 2.24) is 4.98 Å². The zero-order valence-electron chi connectivity index (χ0n) is 19.0. The van der Waals surface area contributed by atoms with Crippen LogP contribution in [0.4, 0.5) is 0 Å². The van der Waals surface area contributed by atoms with Crippen LogP contribution >= 0.6 is 0 Å². The lowest BCUT2D eigenvalue weighted by atomic mass is 9.94. The minimum Gasteiger partial charge on any atom is -0.455 e. The number of hydrogen-bond acceptors (Lipinski definition) is 2. The Kier molecular flexibility index (Phi) is 4.49. The average molecular weight is 448 g/mol. The predicted octanol–water partition coefficient (Wildman–Crippen LogP) is 9.15. The maximum Gasteiger partial charge on any atom is 0.144 e. The number of fused-ring (bicyclic) bond motifs is 5. The first kappa shape index (κ1) is 19.7. The molecule has 0 radical (unpaired) electrons. The van der Waals surface area contributed by atoms with Gasteiger partial charge in [-0.15, -0.1) is 0 Å². The topological polar surface area (TPSA) is 22.1 Å². The molecule has 0 saturated carbocycles. The molecule has 164 valence electrons. The first-order valence-electron chi connectivity index (χ1n) is 11.8. The quantitative estimate of drug-likeness (QED) is 0.199. The molecule has 1 aromatic heterocycles. The molecule has 0 amide bonds. The zero-order chi connectivity index (χ0) is 23.2. The fourth-order valence-corrected chi connectivity index (χ4v) is 5.18. The van der Waals surface area contributed by atoms with Crippen molar-refractivity contribution in [2.45, 2.75) is 0 Å². The van der Waals surface area contributed by atoms with Crippen molar-refractivity contribution < 1.29 is 4.74 Å². The highest BCUT2D eigenvalue weighted by Gasteiger charge is 2.18. The van der Waals surface area contributed by atoms with E-state index in [1.54, 1.807) is 0 Å². The van der Waals surface area contributed by atoms with Crippen LogP contribution in [0.5, 0.6) is 11.5 Å². The molecule has 0 aliphatic carbocycles. The maximum atomic E-state index is 6.88. The van der Waals surface area contributed by atoms with Gasteiger partial charge in [-0.1, -0.05) is 103 Å². The molecule has 0 bridgehead atoms. The van der Waals surface area contributed by atoms with Gasteiger partial charge in [-0.2, -0.15) is 0 Å². The maximum absolute atomic E-state index is 6.88. The van der Waals surface area contributed by atoms with Crippen molar-refractivity contribution in [2.24, 2.45) is 0 Å². The van der Waals surface area contributed by atoms with Crippen molar-refractivity contribution in [2.75, 3.05) is 0 Å². The Morgan fingerprint density at radius 3 is 1.94 bits per heavy atom. The van der Waals surface area contributed by atoms with Gasteiger partial charge >= 0.3 is 0 Å². The molecule has 35 heavy (non-hydrogen) atoms. The minimum atomic E-state index is 0.837. The Morgan fingerprint density at radius 1 is 0.486 bits per heavy atom. The number of pyridine rings is 1. The van der Waals surface area contributed by atoms with Gasteiger partial charge in [0, 0.05) is 27.9 Å². The summed E-state index contributed by atoms with van der Waals surface area (Å²) in [6, 6.07) is 42.1. The molecule has 0 fully saturated rings. The SMILES string of the molecule is c1ccc(-c2c3ccccc3c(Oc3cc4ccccc4c4ccccc34)c3cccnc23)cc1.